The van der Waals surface area contributed by atoms with Crippen LogP contribution in [0.3, 0.4) is 0 Å². The standard InChI is InChI=1S/C8H9N3S2/c1-5-2-3-12-8(5)7(9)6-4-10-11-13-6/h2-4,7H,9H2,1H3. The molecule has 0 radical (unpaired) electrons. The van der Waals surface area contributed by atoms with Crippen molar-refractivity contribution in [3.05, 3.63) is 33.0 Å². The lowest BCUT2D eigenvalue weighted by Crippen LogP contribution is -2.09. The normalized spacial score (nSPS) is 13.1. The Labute approximate surface area is 84.4 Å². The van der Waals surface area contributed by atoms with Crippen LogP contribution < -0.4 is 5.73 Å². The molecule has 0 amide bonds. The molecular weight excluding hydrogens is 202 g/mol. The van der Waals surface area contributed by atoms with Crippen molar-refractivity contribution in [2.75, 3.05) is 0 Å². The van der Waals surface area contributed by atoms with Gasteiger partial charge >= 0.3 is 0 Å². The smallest absolute Gasteiger partial charge is 0.0775 e. The lowest BCUT2D eigenvalue weighted by molar-refractivity contribution is 0.902. The summed E-state index contributed by atoms with van der Waals surface area (Å²) >= 11 is 3.04. The second kappa shape index (κ2) is 3.53. The van der Waals surface area contributed by atoms with E-state index in [1.807, 2.05) is 0 Å². The second-order valence-corrected chi connectivity index (χ2v) is 4.53. The quantitative estimate of drug-likeness (QED) is 0.826. The molecule has 0 bridgehead atoms. The summed E-state index contributed by atoms with van der Waals surface area (Å²) < 4.78 is 3.80. The molecule has 1 unspecified atom stereocenters. The van der Waals surface area contributed by atoms with Crippen LogP contribution in [-0.4, -0.2) is 9.59 Å². The van der Waals surface area contributed by atoms with Crippen molar-refractivity contribution in [2.45, 2.75) is 13.0 Å². The van der Waals surface area contributed by atoms with Gasteiger partial charge in [0.15, 0.2) is 0 Å². The molecule has 0 saturated carbocycles. The largest absolute Gasteiger partial charge is 0.319 e. The monoisotopic (exact) mass is 211 g/mol. The zero-order valence-electron chi connectivity index (χ0n) is 7.10. The predicted molar refractivity (Wildman–Crippen MR) is 55.0 cm³/mol. The number of hydrogen-bond donors (Lipinski definition) is 1. The van der Waals surface area contributed by atoms with Crippen LogP contribution in [0.2, 0.25) is 0 Å². The molecule has 2 heterocycles. The van der Waals surface area contributed by atoms with E-state index in [4.69, 9.17) is 5.73 Å². The van der Waals surface area contributed by atoms with Gasteiger partial charge in [0.1, 0.15) is 0 Å². The fraction of sp³-hybridized carbons (Fsp3) is 0.250. The van der Waals surface area contributed by atoms with E-state index in [0.717, 1.165) is 4.88 Å². The minimum Gasteiger partial charge on any atom is -0.319 e. The van der Waals surface area contributed by atoms with E-state index in [0.29, 0.717) is 0 Å². The van der Waals surface area contributed by atoms with Gasteiger partial charge in [-0.15, -0.1) is 16.4 Å². The number of hydrogen-bond acceptors (Lipinski definition) is 5. The zero-order chi connectivity index (χ0) is 9.26. The van der Waals surface area contributed by atoms with Crippen molar-refractivity contribution in [1.29, 1.82) is 0 Å². The van der Waals surface area contributed by atoms with Crippen molar-refractivity contribution in [1.82, 2.24) is 9.59 Å². The maximum absolute atomic E-state index is 6.05. The molecule has 0 aliphatic carbocycles. The van der Waals surface area contributed by atoms with Crippen LogP contribution in [0, 0.1) is 6.92 Å². The first-order chi connectivity index (χ1) is 6.29. The van der Waals surface area contributed by atoms with Crippen LogP contribution >= 0.6 is 22.9 Å². The van der Waals surface area contributed by atoms with Crippen molar-refractivity contribution in [2.24, 2.45) is 5.73 Å². The number of rotatable bonds is 2. The fourth-order valence-corrected chi connectivity index (χ4v) is 2.68. The molecule has 2 aromatic heterocycles. The van der Waals surface area contributed by atoms with E-state index in [1.165, 1.54) is 22.0 Å². The van der Waals surface area contributed by atoms with Crippen molar-refractivity contribution < 1.29 is 0 Å². The fourth-order valence-electron chi connectivity index (χ4n) is 1.14. The molecule has 2 rings (SSSR count). The molecule has 13 heavy (non-hydrogen) atoms. The van der Waals surface area contributed by atoms with Crippen molar-refractivity contribution >= 4 is 22.9 Å². The Morgan fingerprint density at radius 1 is 1.54 bits per heavy atom. The number of aromatic nitrogens is 2. The topological polar surface area (TPSA) is 51.8 Å². The minimum absolute atomic E-state index is 0.0556. The molecule has 0 spiro atoms. The van der Waals surface area contributed by atoms with Gasteiger partial charge in [-0.05, 0) is 35.5 Å². The highest BCUT2D eigenvalue weighted by Crippen LogP contribution is 2.28. The third-order valence-electron chi connectivity index (χ3n) is 1.87. The molecule has 0 saturated heterocycles. The van der Waals surface area contributed by atoms with Crippen molar-refractivity contribution in [3.8, 4) is 0 Å². The molecule has 2 N–H and O–H groups in total. The molecule has 0 aliphatic heterocycles. The van der Waals surface area contributed by atoms with Crippen LogP contribution in [0.5, 0.6) is 0 Å². The van der Waals surface area contributed by atoms with Gasteiger partial charge in [-0.2, -0.15) is 0 Å². The Kier molecular flexibility index (Phi) is 2.39. The summed E-state index contributed by atoms with van der Waals surface area (Å²) in [5.74, 6) is 0. The Bertz CT molecular complexity index is 380. The van der Waals surface area contributed by atoms with Crippen LogP contribution in [0.25, 0.3) is 0 Å². The van der Waals surface area contributed by atoms with E-state index >= 15 is 0 Å². The van der Waals surface area contributed by atoms with Crippen LogP contribution in [-0.2, 0) is 0 Å². The van der Waals surface area contributed by atoms with E-state index in [1.54, 1.807) is 17.5 Å². The van der Waals surface area contributed by atoms with Gasteiger partial charge in [-0.3, -0.25) is 0 Å². The summed E-state index contributed by atoms with van der Waals surface area (Å²) in [4.78, 5) is 2.22. The summed E-state index contributed by atoms with van der Waals surface area (Å²) in [6.07, 6.45) is 1.73. The summed E-state index contributed by atoms with van der Waals surface area (Å²) in [5, 5.41) is 5.83. The molecule has 3 nitrogen and oxygen atoms in total. The lowest BCUT2D eigenvalue weighted by atomic mass is 10.1. The number of nitrogens with two attached hydrogens (primary N) is 1. The van der Waals surface area contributed by atoms with E-state index in [9.17, 15) is 0 Å². The second-order valence-electron chi connectivity index (χ2n) is 2.77. The SMILES string of the molecule is Cc1ccsc1C(N)c1cnns1. The summed E-state index contributed by atoms with van der Waals surface area (Å²) in [5.41, 5.74) is 7.29. The van der Waals surface area contributed by atoms with Gasteiger partial charge in [0.05, 0.1) is 17.1 Å². The van der Waals surface area contributed by atoms with E-state index < -0.39 is 0 Å². The Balaban J connectivity index is 2.33. The number of aryl methyl sites for hydroxylation is 1. The maximum Gasteiger partial charge on any atom is 0.0775 e. The molecule has 5 heteroatoms. The first kappa shape index (κ1) is 8.80. The Morgan fingerprint density at radius 2 is 2.38 bits per heavy atom. The molecule has 0 aromatic carbocycles. The molecule has 0 aliphatic rings. The van der Waals surface area contributed by atoms with Gasteiger partial charge in [-0.25, -0.2) is 0 Å². The summed E-state index contributed by atoms with van der Waals surface area (Å²) in [7, 11) is 0. The lowest BCUT2D eigenvalue weighted by Gasteiger charge is -2.06. The van der Waals surface area contributed by atoms with Gasteiger partial charge in [0, 0.05) is 4.88 Å². The van der Waals surface area contributed by atoms with Crippen LogP contribution in [0.1, 0.15) is 21.4 Å². The third-order valence-corrected chi connectivity index (χ3v) is 3.72. The summed E-state index contributed by atoms with van der Waals surface area (Å²) in [6.45, 7) is 2.07. The highest BCUT2D eigenvalue weighted by molar-refractivity contribution is 7.10. The van der Waals surface area contributed by atoms with Gasteiger partial charge in [0.25, 0.3) is 0 Å². The molecule has 1 atom stereocenters. The Morgan fingerprint density at radius 3 is 2.92 bits per heavy atom. The van der Waals surface area contributed by atoms with Crippen molar-refractivity contribution in [3.63, 3.8) is 0 Å². The molecular formula is C8H9N3S2. The highest BCUT2D eigenvalue weighted by atomic mass is 32.1. The van der Waals surface area contributed by atoms with Gasteiger partial charge < -0.3 is 5.73 Å². The van der Waals surface area contributed by atoms with Gasteiger partial charge in [-0.1, -0.05) is 4.49 Å². The van der Waals surface area contributed by atoms with E-state index in [2.05, 4.69) is 28.0 Å². The van der Waals surface area contributed by atoms with E-state index in [-0.39, 0.29) is 6.04 Å². The first-order valence-electron chi connectivity index (χ1n) is 3.86. The zero-order valence-corrected chi connectivity index (χ0v) is 8.73. The molecule has 68 valence electrons. The van der Waals surface area contributed by atoms with Gasteiger partial charge in [0.2, 0.25) is 0 Å². The first-order valence-corrected chi connectivity index (χ1v) is 5.51. The number of nitrogens with zero attached hydrogens (tertiary/aromatic N) is 2. The molecule has 2 aromatic rings. The number of thiophene rings is 1. The molecule has 0 fully saturated rings. The Hall–Kier alpha value is -0.780. The predicted octanol–water partition coefficient (Wildman–Crippen LogP) is 1.96. The minimum atomic E-state index is -0.0556. The van der Waals surface area contributed by atoms with Crippen LogP contribution in [0.15, 0.2) is 17.6 Å². The summed E-state index contributed by atoms with van der Waals surface area (Å²) in [6, 6.07) is 2.02. The maximum atomic E-state index is 6.05. The average molecular weight is 211 g/mol. The third kappa shape index (κ3) is 1.63. The van der Waals surface area contributed by atoms with Crippen LogP contribution in [0.4, 0.5) is 0 Å². The highest BCUT2D eigenvalue weighted by Gasteiger charge is 2.14. The average Bonchev–Trinajstić information content (AvgIpc) is 2.72.